The minimum absolute atomic E-state index is 0.0143. The lowest BCUT2D eigenvalue weighted by molar-refractivity contribution is 0.564. The van der Waals surface area contributed by atoms with E-state index in [9.17, 15) is 12.8 Å². The van der Waals surface area contributed by atoms with Crippen molar-refractivity contribution < 1.29 is 12.8 Å². The number of halogens is 1. The molecule has 0 atom stereocenters. The highest BCUT2D eigenvalue weighted by molar-refractivity contribution is 7.90. The standard InChI is InChI=1S/C9H12FNO2S/c1-3-14(12,13)6-8-4-7(2)5-11-9(8)10/h4-5H,3,6H2,1-2H3. The van der Waals surface area contributed by atoms with Crippen LogP contribution in [0.4, 0.5) is 4.39 Å². The number of pyridine rings is 1. The van der Waals surface area contributed by atoms with Crippen molar-refractivity contribution in [1.29, 1.82) is 0 Å². The number of aryl methyl sites for hydroxylation is 1. The second kappa shape index (κ2) is 4.04. The van der Waals surface area contributed by atoms with Gasteiger partial charge in [0, 0.05) is 17.5 Å². The van der Waals surface area contributed by atoms with Gasteiger partial charge in [-0.05, 0) is 18.6 Å². The Morgan fingerprint density at radius 2 is 2.14 bits per heavy atom. The van der Waals surface area contributed by atoms with Gasteiger partial charge in [-0.25, -0.2) is 13.4 Å². The normalized spacial score (nSPS) is 11.6. The molecule has 0 bridgehead atoms. The van der Waals surface area contributed by atoms with Crippen LogP contribution in [0.2, 0.25) is 0 Å². The summed E-state index contributed by atoms with van der Waals surface area (Å²) in [4.78, 5) is 3.47. The van der Waals surface area contributed by atoms with E-state index >= 15 is 0 Å². The highest BCUT2D eigenvalue weighted by Gasteiger charge is 2.13. The summed E-state index contributed by atoms with van der Waals surface area (Å²) >= 11 is 0. The van der Waals surface area contributed by atoms with Crippen LogP contribution in [0.5, 0.6) is 0 Å². The van der Waals surface area contributed by atoms with Gasteiger partial charge in [0.2, 0.25) is 5.95 Å². The molecule has 0 amide bonds. The third-order valence-corrected chi connectivity index (χ3v) is 3.49. The van der Waals surface area contributed by atoms with Crippen molar-refractivity contribution in [3.05, 3.63) is 29.3 Å². The van der Waals surface area contributed by atoms with Gasteiger partial charge in [-0.1, -0.05) is 6.92 Å². The fourth-order valence-corrected chi connectivity index (χ4v) is 1.93. The van der Waals surface area contributed by atoms with Gasteiger partial charge in [0.05, 0.1) is 5.75 Å². The SMILES string of the molecule is CCS(=O)(=O)Cc1cc(C)cnc1F. The van der Waals surface area contributed by atoms with Crippen LogP contribution in [0.1, 0.15) is 18.1 Å². The summed E-state index contributed by atoms with van der Waals surface area (Å²) in [6, 6.07) is 1.51. The molecule has 0 aromatic carbocycles. The quantitative estimate of drug-likeness (QED) is 0.720. The molecule has 0 radical (unpaired) electrons. The molecule has 0 unspecified atom stereocenters. The van der Waals surface area contributed by atoms with Crippen molar-refractivity contribution in [2.75, 3.05) is 5.75 Å². The summed E-state index contributed by atoms with van der Waals surface area (Å²) in [5.41, 5.74) is 0.902. The molecule has 3 nitrogen and oxygen atoms in total. The summed E-state index contributed by atoms with van der Waals surface area (Å²) in [6.07, 6.45) is 1.37. The lowest BCUT2D eigenvalue weighted by atomic mass is 10.2. The van der Waals surface area contributed by atoms with E-state index in [2.05, 4.69) is 4.98 Å². The fraction of sp³-hybridized carbons (Fsp3) is 0.444. The van der Waals surface area contributed by atoms with E-state index in [0.29, 0.717) is 0 Å². The third kappa shape index (κ3) is 2.77. The molecule has 0 saturated carbocycles. The highest BCUT2D eigenvalue weighted by atomic mass is 32.2. The van der Waals surface area contributed by atoms with Gasteiger partial charge in [0.25, 0.3) is 0 Å². The summed E-state index contributed by atoms with van der Waals surface area (Å²) in [5.74, 6) is -0.961. The number of hydrogen-bond acceptors (Lipinski definition) is 3. The van der Waals surface area contributed by atoms with Gasteiger partial charge in [0.1, 0.15) is 0 Å². The van der Waals surface area contributed by atoms with E-state index in [4.69, 9.17) is 0 Å². The van der Waals surface area contributed by atoms with E-state index in [-0.39, 0.29) is 17.1 Å². The molecule has 0 fully saturated rings. The first-order valence-corrected chi connectivity index (χ1v) is 6.08. The van der Waals surface area contributed by atoms with Crippen LogP contribution in [-0.2, 0) is 15.6 Å². The smallest absolute Gasteiger partial charge is 0.217 e. The second-order valence-corrected chi connectivity index (χ2v) is 5.49. The van der Waals surface area contributed by atoms with Crippen molar-refractivity contribution >= 4 is 9.84 Å². The van der Waals surface area contributed by atoms with Crippen LogP contribution in [-0.4, -0.2) is 19.2 Å². The highest BCUT2D eigenvalue weighted by Crippen LogP contribution is 2.11. The van der Waals surface area contributed by atoms with Crippen LogP contribution in [0.25, 0.3) is 0 Å². The first kappa shape index (κ1) is 11.1. The molecule has 0 spiro atoms. The Bertz CT molecular complexity index is 428. The van der Waals surface area contributed by atoms with Gasteiger partial charge in [-0.2, -0.15) is 4.39 Å². The predicted octanol–water partition coefficient (Wildman–Crippen LogP) is 1.46. The summed E-state index contributed by atoms with van der Waals surface area (Å²) in [7, 11) is -3.19. The molecule has 0 N–H and O–H groups in total. The number of nitrogens with zero attached hydrogens (tertiary/aromatic N) is 1. The van der Waals surface area contributed by atoms with Crippen molar-refractivity contribution in [3.8, 4) is 0 Å². The molecule has 1 rings (SSSR count). The van der Waals surface area contributed by atoms with Crippen LogP contribution < -0.4 is 0 Å². The van der Waals surface area contributed by atoms with Crippen molar-refractivity contribution in [3.63, 3.8) is 0 Å². The summed E-state index contributed by atoms with van der Waals surface area (Å²) < 4.78 is 35.5. The topological polar surface area (TPSA) is 47.0 Å². The summed E-state index contributed by atoms with van der Waals surface area (Å²) in [6.45, 7) is 3.28. The van der Waals surface area contributed by atoms with Gasteiger partial charge < -0.3 is 0 Å². The number of aromatic nitrogens is 1. The zero-order valence-corrected chi connectivity index (χ0v) is 8.94. The van der Waals surface area contributed by atoms with Gasteiger partial charge in [0.15, 0.2) is 9.84 Å². The van der Waals surface area contributed by atoms with E-state index in [1.807, 2.05) is 0 Å². The van der Waals surface area contributed by atoms with E-state index < -0.39 is 15.8 Å². The van der Waals surface area contributed by atoms with E-state index in [1.165, 1.54) is 19.2 Å². The monoisotopic (exact) mass is 217 g/mol. The van der Waals surface area contributed by atoms with Crippen LogP contribution >= 0.6 is 0 Å². The van der Waals surface area contributed by atoms with Gasteiger partial charge >= 0.3 is 0 Å². The maximum absolute atomic E-state index is 13.1. The maximum Gasteiger partial charge on any atom is 0.217 e. The Labute approximate surface area is 82.9 Å². The van der Waals surface area contributed by atoms with Crippen molar-refractivity contribution in [1.82, 2.24) is 4.98 Å². The Kier molecular flexibility index (Phi) is 3.21. The molecule has 0 aliphatic carbocycles. The minimum atomic E-state index is -3.19. The third-order valence-electron chi connectivity index (χ3n) is 1.86. The Hall–Kier alpha value is -0.970. The zero-order chi connectivity index (χ0) is 10.8. The van der Waals surface area contributed by atoms with Gasteiger partial charge in [-0.3, -0.25) is 0 Å². The lowest BCUT2D eigenvalue weighted by Crippen LogP contribution is -2.09. The minimum Gasteiger partial charge on any atom is -0.229 e. The van der Waals surface area contributed by atoms with Crippen molar-refractivity contribution in [2.45, 2.75) is 19.6 Å². The molecule has 1 heterocycles. The molecular weight excluding hydrogens is 205 g/mol. The second-order valence-electron chi connectivity index (χ2n) is 3.14. The fourth-order valence-electron chi connectivity index (χ4n) is 1.05. The average molecular weight is 217 g/mol. The van der Waals surface area contributed by atoms with Crippen molar-refractivity contribution in [2.24, 2.45) is 0 Å². The number of hydrogen-bond donors (Lipinski definition) is 0. The van der Waals surface area contributed by atoms with Crippen LogP contribution in [0, 0.1) is 12.9 Å². The number of sulfone groups is 1. The molecule has 1 aromatic rings. The molecular formula is C9H12FNO2S. The lowest BCUT2D eigenvalue weighted by Gasteiger charge is -2.03. The molecule has 14 heavy (non-hydrogen) atoms. The summed E-state index contributed by atoms with van der Waals surface area (Å²) in [5, 5.41) is 0. The predicted molar refractivity (Wildman–Crippen MR) is 52.1 cm³/mol. The van der Waals surface area contributed by atoms with Gasteiger partial charge in [-0.15, -0.1) is 0 Å². The molecule has 5 heteroatoms. The maximum atomic E-state index is 13.1. The first-order chi connectivity index (χ1) is 6.44. The van der Waals surface area contributed by atoms with E-state index in [0.717, 1.165) is 5.56 Å². The average Bonchev–Trinajstić information content (AvgIpc) is 2.11. The Balaban J connectivity index is 3.03. The molecule has 1 aromatic heterocycles. The first-order valence-electron chi connectivity index (χ1n) is 4.26. The van der Waals surface area contributed by atoms with Crippen LogP contribution in [0.15, 0.2) is 12.3 Å². The molecule has 0 saturated heterocycles. The Morgan fingerprint density at radius 1 is 1.50 bits per heavy atom. The van der Waals surface area contributed by atoms with Crippen LogP contribution in [0.3, 0.4) is 0 Å². The molecule has 0 aliphatic rings. The molecule has 0 aliphatic heterocycles. The number of rotatable bonds is 3. The zero-order valence-electron chi connectivity index (χ0n) is 8.12. The largest absolute Gasteiger partial charge is 0.229 e. The Morgan fingerprint density at radius 3 is 2.71 bits per heavy atom. The molecule has 78 valence electrons. The van der Waals surface area contributed by atoms with E-state index in [1.54, 1.807) is 6.92 Å².